The van der Waals surface area contributed by atoms with Gasteiger partial charge in [-0.15, -0.1) is 0 Å². The molecule has 6 aromatic rings. The Bertz CT molecular complexity index is 2230. The first kappa shape index (κ1) is 54.2. The second-order valence-corrected chi connectivity index (χ2v) is 25.4. The largest absolute Gasteiger partial charge is 0.456 e. The van der Waals surface area contributed by atoms with Crippen LogP contribution in [0.3, 0.4) is 0 Å². The van der Waals surface area contributed by atoms with Crippen LogP contribution < -0.4 is 36.6 Å². The van der Waals surface area contributed by atoms with Crippen LogP contribution in [-0.4, -0.2) is 98.5 Å². The van der Waals surface area contributed by atoms with Gasteiger partial charge in [-0.3, -0.25) is 0 Å². The SMILES string of the molecule is CC[N+](C)(CC)Cc1ccc(P(c2ccc(C[N+](C)(CC)CC)cc2)c2cc(C)ccc2Oc2ccc(C)cc2P(c2ccc(C[N+](C)(CC)CC)cc2)c2ccc(C[N+](C)(CC)CC)cc2)cc1. The van der Waals surface area contributed by atoms with Crippen molar-refractivity contribution in [1.29, 1.82) is 0 Å². The topological polar surface area (TPSA) is 9.23 Å². The van der Waals surface area contributed by atoms with Crippen LogP contribution in [0.4, 0.5) is 0 Å². The van der Waals surface area contributed by atoms with E-state index in [2.05, 4.69) is 231 Å². The molecule has 0 aliphatic rings. The minimum absolute atomic E-state index is 0.931. The van der Waals surface area contributed by atoms with Gasteiger partial charge in [0.1, 0.15) is 37.7 Å². The van der Waals surface area contributed by atoms with E-state index in [0.717, 1.165) is 108 Å². The number of aryl methyl sites for hydroxylation is 2. The first-order valence-electron chi connectivity index (χ1n) is 26.2. The van der Waals surface area contributed by atoms with Gasteiger partial charge in [0.2, 0.25) is 0 Å². The van der Waals surface area contributed by atoms with E-state index in [1.165, 1.54) is 65.2 Å². The molecule has 6 rings (SSSR count). The van der Waals surface area contributed by atoms with Crippen LogP contribution in [-0.2, 0) is 26.2 Å². The zero-order chi connectivity index (χ0) is 50.0. The highest BCUT2D eigenvalue weighted by atomic mass is 31.1. The normalized spacial score (nSPS) is 12.6. The Balaban J connectivity index is 1.49. The molecular formula is C62H88N4OP2+4. The molecule has 5 nitrogen and oxygen atoms in total. The molecule has 368 valence electrons. The molecule has 69 heavy (non-hydrogen) atoms. The lowest BCUT2D eigenvalue weighted by Gasteiger charge is -2.32. The fourth-order valence-corrected chi connectivity index (χ4v) is 14.1. The van der Waals surface area contributed by atoms with E-state index >= 15 is 0 Å². The van der Waals surface area contributed by atoms with Gasteiger partial charge in [0.15, 0.2) is 0 Å². The maximum absolute atomic E-state index is 7.50. The first-order chi connectivity index (χ1) is 33.0. The zero-order valence-corrected chi connectivity index (χ0v) is 47.1. The van der Waals surface area contributed by atoms with Crippen LogP contribution in [0, 0.1) is 13.8 Å². The number of ether oxygens (including phenoxy) is 1. The molecular weight excluding hydrogens is 879 g/mol. The Morgan fingerprint density at radius 3 is 0.739 bits per heavy atom. The quantitative estimate of drug-likeness (QED) is 0.0434. The summed E-state index contributed by atoms with van der Waals surface area (Å²) in [4.78, 5) is 0. The molecule has 7 heteroatoms. The van der Waals surface area contributed by atoms with Gasteiger partial charge in [0.05, 0.1) is 80.5 Å². The van der Waals surface area contributed by atoms with Crippen molar-refractivity contribution in [2.75, 3.05) is 80.5 Å². The standard InChI is InChI=1S/C62H88N4OP2/c1-15-63(11,16-2)45-51-25-33-55(34-26-51)68(56-35-27-52(28-36-56)46-64(12,17-3)18-4)61-43-49(9)23-41-59(61)67-60-42-24-50(10)44-62(60)69(57-37-29-53(30-38-57)47-65(13,19-5)20-6)58-39-31-54(32-40-58)48-66(14,21-7)22-8/h23-44H,15-22,45-48H2,1-14H3/q+4. The van der Waals surface area contributed by atoms with Crippen molar-refractivity contribution in [3.05, 3.63) is 167 Å². The molecule has 0 bridgehead atoms. The summed E-state index contributed by atoms with van der Waals surface area (Å²) < 4.78 is 11.6. The van der Waals surface area contributed by atoms with E-state index in [0.29, 0.717) is 0 Å². The third-order valence-electron chi connectivity index (χ3n) is 16.1. The average molecular weight is 967 g/mol. The third kappa shape index (κ3) is 13.6. The van der Waals surface area contributed by atoms with E-state index < -0.39 is 15.8 Å². The predicted octanol–water partition coefficient (Wildman–Crippen LogP) is 11.6. The summed E-state index contributed by atoms with van der Waals surface area (Å²) in [7, 11) is 7.55. The van der Waals surface area contributed by atoms with E-state index in [-0.39, 0.29) is 0 Å². The van der Waals surface area contributed by atoms with Crippen molar-refractivity contribution in [2.24, 2.45) is 0 Å². The van der Waals surface area contributed by atoms with Crippen LogP contribution in [0.1, 0.15) is 88.8 Å². The van der Waals surface area contributed by atoms with Crippen molar-refractivity contribution in [1.82, 2.24) is 0 Å². The van der Waals surface area contributed by atoms with Gasteiger partial charge in [-0.05, 0) is 131 Å². The van der Waals surface area contributed by atoms with Gasteiger partial charge in [-0.2, -0.15) is 0 Å². The minimum Gasteiger partial charge on any atom is -0.456 e. The Morgan fingerprint density at radius 2 is 0.536 bits per heavy atom. The summed E-state index contributed by atoms with van der Waals surface area (Å²) in [6.45, 7) is 35.9. The van der Waals surface area contributed by atoms with Crippen LogP contribution in [0.15, 0.2) is 133 Å². The maximum atomic E-state index is 7.50. The average Bonchev–Trinajstić information content (AvgIpc) is 3.37. The molecule has 0 aliphatic carbocycles. The van der Waals surface area contributed by atoms with Gasteiger partial charge in [-0.1, -0.05) is 120 Å². The summed E-state index contributed by atoms with van der Waals surface area (Å²) in [5.74, 6) is 1.86. The second kappa shape index (κ2) is 23.8. The number of hydrogen-bond donors (Lipinski definition) is 0. The molecule has 0 heterocycles. The molecule has 0 fully saturated rings. The fraction of sp³-hybridized carbons (Fsp3) is 0.419. The summed E-state index contributed by atoms with van der Waals surface area (Å²) in [5.41, 5.74) is 8.03. The van der Waals surface area contributed by atoms with Crippen molar-refractivity contribution >= 4 is 47.7 Å². The fourth-order valence-electron chi connectivity index (χ4n) is 9.30. The lowest BCUT2D eigenvalue weighted by molar-refractivity contribution is -0.919. The lowest BCUT2D eigenvalue weighted by Crippen LogP contribution is -2.42. The van der Waals surface area contributed by atoms with Gasteiger partial charge >= 0.3 is 0 Å². The number of hydrogen-bond acceptors (Lipinski definition) is 1. The maximum Gasteiger partial charge on any atom is 0.135 e. The van der Waals surface area contributed by atoms with E-state index in [1.807, 2.05) is 0 Å². The summed E-state index contributed by atoms with van der Waals surface area (Å²) in [5, 5.41) is 7.87. The Hall–Kier alpha value is -4.18. The highest BCUT2D eigenvalue weighted by Crippen LogP contribution is 2.42. The third-order valence-corrected chi connectivity index (χ3v) is 21.0. The molecule has 0 unspecified atom stereocenters. The smallest absolute Gasteiger partial charge is 0.135 e. The Kier molecular flexibility index (Phi) is 18.7. The van der Waals surface area contributed by atoms with Crippen LogP contribution in [0.25, 0.3) is 0 Å². The molecule has 0 saturated carbocycles. The molecule has 0 aromatic heterocycles. The molecule has 0 N–H and O–H groups in total. The predicted molar refractivity (Wildman–Crippen MR) is 304 cm³/mol. The van der Waals surface area contributed by atoms with Gasteiger partial charge in [-0.25, -0.2) is 0 Å². The minimum atomic E-state index is -0.973. The number of rotatable bonds is 24. The number of quaternary nitrogens is 4. The van der Waals surface area contributed by atoms with Gasteiger partial charge < -0.3 is 22.7 Å². The van der Waals surface area contributed by atoms with Gasteiger partial charge in [0.25, 0.3) is 0 Å². The van der Waals surface area contributed by atoms with Gasteiger partial charge in [0, 0.05) is 32.9 Å². The molecule has 6 aromatic carbocycles. The van der Waals surface area contributed by atoms with Crippen molar-refractivity contribution < 1.29 is 22.7 Å². The highest BCUT2D eigenvalue weighted by Gasteiger charge is 2.28. The van der Waals surface area contributed by atoms with E-state index in [1.54, 1.807) is 0 Å². The van der Waals surface area contributed by atoms with Crippen LogP contribution in [0.2, 0.25) is 0 Å². The van der Waals surface area contributed by atoms with Crippen molar-refractivity contribution in [3.63, 3.8) is 0 Å². The van der Waals surface area contributed by atoms with E-state index in [4.69, 9.17) is 4.74 Å². The Morgan fingerprint density at radius 1 is 0.319 bits per heavy atom. The number of nitrogens with zero attached hydrogens (tertiary/aromatic N) is 4. The van der Waals surface area contributed by atoms with Crippen LogP contribution in [0.5, 0.6) is 11.5 Å². The molecule has 0 atom stereocenters. The molecule has 0 amide bonds. The molecule has 0 spiro atoms. The van der Waals surface area contributed by atoms with Crippen LogP contribution >= 0.6 is 15.8 Å². The summed E-state index contributed by atoms with van der Waals surface area (Å²) >= 11 is 0. The molecule has 0 radical (unpaired) electrons. The first-order valence-corrected chi connectivity index (χ1v) is 28.8. The van der Waals surface area contributed by atoms with Crippen molar-refractivity contribution in [3.8, 4) is 11.5 Å². The zero-order valence-electron chi connectivity index (χ0n) is 45.3. The highest BCUT2D eigenvalue weighted by molar-refractivity contribution is 7.80. The summed E-state index contributed by atoms with van der Waals surface area (Å²) in [6, 6.07) is 52.1. The Labute approximate surface area is 422 Å². The monoisotopic (exact) mass is 967 g/mol. The van der Waals surface area contributed by atoms with Crippen molar-refractivity contribution in [2.45, 2.75) is 95.4 Å². The summed E-state index contributed by atoms with van der Waals surface area (Å²) in [6.07, 6.45) is 0. The second-order valence-electron chi connectivity index (χ2n) is 21.0. The molecule has 0 aliphatic heterocycles. The molecule has 0 saturated heterocycles. The lowest BCUT2D eigenvalue weighted by atomic mass is 10.2. The number of benzene rings is 6. The van der Waals surface area contributed by atoms with E-state index in [9.17, 15) is 0 Å².